The molecule has 0 unspecified atom stereocenters. The number of aryl methyl sites for hydroxylation is 1. The fourth-order valence-corrected chi connectivity index (χ4v) is 1.31. The third kappa shape index (κ3) is 0.942. The van der Waals surface area contributed by atoms with Gasteiger partial charge in [-0.15, -0.1) is 0 Å². The first-order valence-corrected chi connectivity index (χ1v) is 4.02. The molecule has 2 heterocycles. The van der Waals surface area contributed by atoms with Crippen LogP contribution in [0.15, 0.2) is 24.5 Å². The number of hydrogen-bond acceptors (Lipinski definition) is 2. The van der Waals surface area contributed by atoms with Gasteiger partial charge in [0, 0.05) is 29.8 Å². The van der Waals surface area contributed by atoms with Crippen LogP contribution in [0.5, 0.6) is 0 Å². The molecule has 0 aliphatic rings. The lowest BCUT2D eigenvalue weighted by atomic mass is 10.3. The molecular weight excluding hydrogens is 150 g/mol. The number of imidazole rings is 1. The van der Waals surface area contributed by atoms with E-state index in [0.29, 0.717) is 0 Å². The lowest BCUT2D eigenvalue weighted by Crippen LogP contribution is -1.92. The van der Waals surface area contributed by atoms with Gasteiger partial charge in [0.25, 0.3) is 0 Å². The standard InChI is InChI=1S/C9H11N3/c1-2-8-6-11-9-5-7(10)3-4-12(8)9/h3-6H,2,10H2,1H3. The van der Waals surface area contributed by atoms with Crippen LogP contribution in [0.1, 0.15) is 12.6 Å². The van der Waals surface area contributed by atoms with Gasteiger partial charge in [-0.3, -0.25) is 0 Å². The number of pyridine rings is 1. The molecule has 12 heavy (non-hydrogen) atoms. The van der Waals surface area contributed by atoms with Crippen LogP contribution in [-0.4, -0.2) is 9.38 Å². The second-order valence-corrected chi connectivity index (χ2v) is 2.79. The maximum atomic E-state index is 5.62. The van der Waals surface area contributed by atoms with Crippen LogP contribution in [-0.2, 0) is 6.42 Å². The summed E-state index contributed by atoms with van der Waals surface area (Å²) in [5, 5.41) is 0. The summed E-state index contributed by atoms with van der Waals surface area (Å²) in [4.78, 5) is 4.23. The average Bonchev–Trinajstić information content (AvgIpc) is 2.46. The van der Waals surface area contributed by atoms with E-state index in [0.717, 1.165) is 17.8 Å². The van der Waals surface area contributed by atoms with Gasteiger partial charge in [0.2, 0.25) is 0 Å². The van der Waals surface area contributed by atoms with Crippen molar-refractivity contribution in [2.45, 2.75) is 13.3 Å². The molecule has 2 aromatic heterocycles. The van der Waals surface area contributed by atoms with E-state index in [9.17, 15) is 0 Å². The highest BCUT2D eigenvalue weighted by molar-refractivity contribution is 5.52. The summed E-state index contributed by atoms with van der Waals surface area (Å²) in [6.07, 6.45) is 4.83. The molecule has 0 aliphatic heterocycles. The molecule has 2 N–H and O–H groups in total. The molecule has 0 aliphatic carbocycles. The largest absolute Gasteiger partial charge is 0.399 e. The van der Waals surface area contributed by atoms with Gasteiger partial charge in [-0.25, -0.2) is 4.98 Å². The van der Waals surface area contributed by atoms with Crippen LogP contribution < -0.4 is 5.73 Å². The summed E-state index contributed by atoms with van der Waals surface area (Å²) in [5.41, 5.74) is 8.52. The minimum absolute atomic E-state index is 0.760. The van der Waals surface area contributed by atoms with E-state index in [2.05, 4.69) is 16.3 Å². The van der Waals surface area contributed by atoms with Gasteiger partial charge in [-0.2, -0.15) is 0 Å². The van der Waals surface area contributed by atoms with E-state index in [1.807, 2.05) is 24.5 Å². The van der Waals surface area contributed by atoms with Crippen molar-refractivity contribution in [2.75, 3.05) is 5.73 Å². The Labute approximate surface area is 70.8 Å². The molecule has 2 rings (SSSR count). The molecule has 2 aromatic rings. The van der Waals surface area contributed by atoms with E-state index in [1.165, 1.54) is 5.69 Å². The monoisotopic (exact) mass is 161 g/mol. The number of nitrogen functional groups attached to an aromatic ring is 1. The van der Waals surface area contributed by atoms with Gasteiger partial charge in [0.05, 0.1) is 0 Å². The number of aromatic nitrogens is 2. The molecule has 3 nitrogen and oxygen atoms in total. The van der Waals surface area contributed by atoms with Crippen molar-refractivity contribution in [3.05, 3.63) is 30.2 Å². The van der Waals surface area contributed by atoms with E-state index in [-0.39, 0.29) is 0 Å². The molecule has 3 heteroatoms. The summed E-state index contributed by atoms with van der Waals surface area (Å²) in [5.74, 6) is 0. The van der Waals surface area contributed by atoms with Crippen molar-refractivity contribution in [1.82, 2.24) is 9.38 Å². The normalized spacial score (nSPS) is 10.8. The van der Waals surface area contributed by atoms with Gasteiger partial charge < -0.3 is 10.1 Å². The van der Waals surface area contributed by atoms with Crippen LogP contribution in [0, 0.1) is 0 Å². The Morgan fingerprint density at radius 3 is 3.17 bits per heavy atom. The summed E-state index contributed by atoms with van der Waals surface area (Å²) in [6.45, 7) is 2.11. The molecule has 0 saturated carbocycles. The molecule has 0 fully saturated rings. The maximum Gasteiger partial charge on any atom is 0.138 e. The zero-order valence-electron chi connectivity index (χ0n) is 6.99. The highest BCUT2D eigenvalue weighted by Crippen LogP contribution is 2.10. The molecule has 0 bridgehead atoms. The van der Waals surface area contributed by atoms with E-state index >= 15 is 0 Å². The van der Waals surface area contributed by atoms with Crippen molar-refractivity contribution < 1.29 is 0 Å². The van der Waals surface area contributed by atoms with Crippen LogP contribution in [0.3, 0.4) is 0 Å². The zero-order valence-corrected chi connectivity index (χ0v) is 6.99. The van der Waals surface area contributed by atoms with Crippen LogP contribution in [0.2, 0.25) is 0 Å². The second kappa shape index (κ2) is 2.52. The summed E-state index contributed by atoms with van der Waals surface area (Å²) >= 11 is 0. The Morgan fingerprint density at radius 2 is 2.42 bits per heavy atom. The lowest BCUT2D eigenvalue weighted by molar-refractivity contribution is 0.996. The van der Waals surface area contributed by atoms with Gasteiger partial charge in [0.15, 0.2) is 0 Å². The van der Waals surface area contributed by atoms with E-state index in [1.54, 1.807) is 0 Å². The minimum atomic E-state index is 0.760. The Bertz CT molecular complexity index is 403. The number of nitrogens with zero attached hydrogens (tertiary/aromatic N) is 2. The Hall–Kier alpha value is -1.51. The predicted octanol–water partition coefficient (Wildman–Crippen LogP) is 1.48. The Morgan fingerprint density at radius 1 is 1.58 bits per heavy atom. The number of nitrogens with two attached hydrogens (primary N) is 1. The molecule has 62 valence electrons. The van der Waals surface area contributed by atoms with Crippen molar-refractivity contribution in [3.8, 4) is 0 Å². The topological polar surface area (TPSA) is 43.3 Å². The molecule has 0 atom stereocenters. The lowest BCUT2D eigenvalue weighted by Gasteiger charge is -1.98. The van der Waals surface area contributed by atoms with Crippen molar-refractivity contribution in [1.29, 1.82) is 0 Å². The molecule has 0 spiro atoms. The van der Waals surface area contributed by atoms with Crippen molar-refractivity contribution in [3.63, 3.8) is 0 Å². The first kappa shape index (κ1) is 7.16. The molecule has 0 amide bonds. The van der Waals surface area contributed by atoms with Gasteiger partial charge in [-0.05, 0) is 12.5 Å². The highest BCUT2D eigenvalue weighted by atomic mass is 15.0. The van der Waals surface area contributed by atoms with E-state index < -0.39 is 0 Å². The van der Waals surface area contributed by atoms with Gasteiger partial charge >= 0.3 is 0 Å². The zero-order chi connectivity index (χ0) is 8.55. The minimum Gasteiger partial charge on any atom is -0.399 e. The second-order valence-electron chi connectivity index (χ2n) is 2.79. The first-order chi connectivity index (χ1) is 5.81. The SMILES string of the molecule is CCc1cnc2cc(N)ccn12. The summed E-state index contributed by atoms with van der Waals surface area (Å²) < 4.78 is 2.05. The quantitative estimate of drug-likeness (QED) is 0.688. The molecular formula is C9H11N3. The molecule has 0 saturated heterocycles. The predicted molar refractivity (Wildman–Crippen MR) is 49.0 cm³/mol. The third-order valence-electron chi connectivity index (χ3n) is 1.98. The van der Waals surface area contributed by atoms with Crippen molar-refractivity contribution >= 4 is 11.3 Å². The van der Waals surface area contributed by atoms with Crippen LogP contribution in [0.4, 0.5) is 5.69 Å². The average molecular weight is 161 g/mol. The van der Waals surface area contributed by atoms with Gasteiger partial charge in [0.1, 0.15) is 5.65 Å². The number of fused-ring (bicyclic) bond motifs is 1. The summed E-state index contributed by atoms with van der Waals surface area (Å²) in [6, 6.07) is 3.76. The summed E-state index contributed by atoms with van der Waals surface area (Å²) in [7, 11) is 0. The highest BCUT2D eigenvalue weighted by Gasteiger charge is 1.99. The smallest absolute Gasteiger partial charge is 0.138 e. The number of anilines is 1. The molecule has 0 radical (unpaired) electrons. The number of hydrogen-bond donors (Lipinski definition) is 1. The Kier molecular flexibility index (Phi) is 1.50. The first-order valence-electron chi connectivity index (χ1n) is 4.02. The Balaban J connectivity index is 2.73. The third-order valence-corrected chi connectivity index (χ3v) is 1.98. The van der Waals surface area contributed by atoms with Crippen LogP contribution in [0.25, 0.3) is 5.65 Å². The van der Waals surface area contributed by atoms with Crippen LogP contribution >= 0.6 is 0 Å². The van der Waals surface area contributed by atoms with Crippen molar-refractivity contribution in [2.24, 2.45) is 0 Å². The number of rotatable bonds is 1. The van der Waals surface area contributed by atoms with Gasteiger partial charge in [-0.1, -0.05) is 6.92 Å². The molecule has 0 aromatic carbocycles. The van der Waals surface area contributed by atoms with E-state index in [4.69, 9.17) is 5.73 Å². The fraction of sp³-hybridized carbons (Fsp3) is 0.222. The fourth-order valence-electron chi connectivity index (χ4n) is 1.31. The maximum absolute atomic E-state index is 5.62.